The van der Waals surface area contributed by atoms with Crippen molar-refractivity contribution in [3.63, 3.8) is 0 Å². The van der Waals surface area contributed by atoms with Gasteiger partial charge in [0, 0.05) is 10.0 Å². The summed E-state index contributed by atoms with van der Waals surface area (Å²) in [7, 11) is 0. The van der Waals surface area contributed by atoms with Gasteiger partial charge >= 0.3 is 0 Å². The zero-order chi connectivity index (χ0) is 11.8. The van der Waals surface area contributed by atoms with Crippen LogP contribution < -0.4 is 5.32 Å². The van der Waals surface area contributed by atoms with Gasteiger partial charge in [-0.2, -0.15) is 0 Å². The van der Waals surface area contributed by atoms with Crippen LogP contribution in [0, 0.1) is 5.92 Å². The number of hydrogen-bond acceptors (Lipinski definition) is 1. The van der Waals surface area contributed by atoms with Crippen molar-refractivity contribution in [1.82, 2.24) is 5.32 Å². The Bertz CT molecular complexity index is 392. The van der Waals surface area contributed by atoms with Crippen LogP contribution in [0.4, 0.5) is 0 Å². The van der Waals surface area contributed by atoms with E-state index in [9.17, 15) is 0 Å². The lowest BCUT2D eigenvalue weighted by Gasteiger charge is -2.14. The number of hydrogen-bond donors (Lipinski definition) is 1. The Labute approximate surface area is 107 Å². The average molecular weight is 258 g/mol. The standard InChI is InChI=1S/C13H17Cl2N/c1-3-16-8-9-7-13(9,2)11-6-10(14)4-5-12(11)15/h4-6,9,16H,3,7-8H2,1-2H3. The van der Waals surface area contributed by atoms with Gasteiger partial charge in [-0.15, -0.1) is 0 Å². The zero-order valence-corrected chi connectivity index (χ0v) is 11.2. The van der Waals surface area contributed by atoms with Crippen LogP contribution in [0.5, 0.6) is 0 Å². The summed E-state index contributed by atoms with van der Waals surface area (Å²) in [5.41, 5.74) is 1.41. The lowest BCUT2D eigenvalue weighted by molar-refractivity contribution is 0.592. The summed E-state index contributed by atoms with van der Waals surface area (Å²) in [6.07, 6.45) is 1.19. The molecule has 1 saturated carbocycles. The normalized spacial score (nSPS) is 28.1. The highest BCUT2D eigenvalue weighted by Crippen LogP contribution is 2.55. The summed E-state index contributed by atoms with van der Waals surface area (Å²) in [5.74, 6) is 0.684. The first-order chi connectivity index (χ1) is 7.58. The molecular weight excluding hydrogens is 241 g/mol. The van der Waals surface area contributed by atoms with Gasteiger partial charge in [0.25, 0.3) is 0 Å². The van der Waals surface area contributed by atoms with E-state index in [1.807, 2.05) is 18.2 Å². The van der Waals surface area contributed by atoms with E-state index in [0.717, 1.165) is 23.1 Å². The van der Waals surface area contributed by atoms with Gasteiger partial charge in [0.2, 0.25) is 0 Å². The molecule has 0 aliphatic heterocycles. The van der Waals surface area contributed by atoms with Gasteiger partial charge in [0.05, 0.1) is 0 Å². The SMILES string of the molecule is CCNCC1CC1(C)c1cc(Cl)ccc1Cl. The van der Waals surface area contributed by atoms with Gasteiger partial charge in [-0.3, -0.25) is 0 Å². The van der Waals surface area contributed by atoms with Crippen molar-refractivity contribution in [1.29, 1.82) is 0 Å². The monoisotopic (exact) mass is 257 g/mol. The van der Waals surface area contributed by atoms with E-state index in [2.05, 4.69) is 19.2 Å². The van der Waals surface area contributed by atoms with E-state index < -0.39 is 0 Å². The van der Waals surface area contributed by atoms with E-state index in [4.69, 9.17) is 23.2 Å². The number of benzene rings is 1. The summed E-state index contributed by atoms with van der Waals surface area (Å²) in [4.78, 5) is 0. The van der Waals surface area contributed by atoms with Gasteiger partial charge in [0.1, 0.15) is 0 Å². The Balaban J connectivity index is 2.16. The van der Waals surface area contributed by atoms with E-state index in [1.54, 1.807) is 0 Å². The molecule has 1 aliphatic rings. The van der Waals surface area contributed by atoms with E-state index >= 15 is 0 Å². The molecule has 0 aromatic heterocycles. The second kappa shape index (κ2) is 4.56. The Hall–Kier alpha value is -0.240. The third-order valence-electron chi connectivity index (χ3n) is 3.60. The van der Waals surface area contributed by atoms with Gasteiger partial charge in [-0.25, -0.2) is 0 Å². The zero-order valence-electron chi connectivity index (χ0n) is 9.69. The number of nitrogens with one attached hydrogen (secondary N) is 1. The van der Waals surface area contributed by atoms with Crippen LogP contribution in [0.2, 0.25) is 10.0 Å². The minimum absolute atomic E-state index is 0.212. The Morgan fingerprint density at radius 3 is 2.88 bits per heavy atom. The molecule has 0 spiro atoms. The summed E-state index contributed by atoms with van der Waals surface area (Å²) < 4.78 is 0. The van der Waals surface area contributed by atoms with Gasteiger partial charge < -0.3 is 5.32 Å². The maximum atomic E-state index is 6.24. The van der Waals surface area contributed by atoms with Gasteiger partial charge in [-0.05, 0) is 54.6 Å². The van der Waals surface area contributed by atoms with Crippen LogP contribution in [0.25, 0.3) is 0 Å². The third kappa shape index (κ3) is 2.22. The molecule has 0 amide bonds. The van der Waals surface area contributed by atoms with Crippen molar-refractivity contribution in [2.75, 3.05) is 13.1 Å². The first-order valence-corrected chi connectivity index (χ1v) is 6.49. The highest BCUT2D eigenvalue weighted by molar-refractivity contribution is 6.33. The molecule has 88 valence electrons. The van der Waals surface area contributed by atoms with Crippen molar-refractivity contribution in [3.05, 3.63) is 33.8 Å². The van der Waals surface area contributed by atoms with Gasteiger partial charge in [0.15, 0.2) is 0 Å². The molecule has 0 saturated heterocycles. The van der Waals surface area contributed by atoms with Crippen LogP contribution in [0.3, 0.4) is 0 Å². The van der Waals surface area contributed by atoms with Crippen molar-refractivity contribution >= 4 is 23.2 Å². The second-order valence-electron chi connectivity index (χ2n) is 4.75. The van der Waals surface area contributed by atoms with Crippen LogP contribution in [-0.2, 0) is 5.41 Å². The molecule has 2 rings (SSSR count). The van der Waals surface area contributed by atoms with Crippen molar-refractivity contribution in [2.45, 2.75) is 25.7 Å². The van der Waals surface area contributed by atoms with E-state index in [-0.39, 0.29) is 5.41 Å². The summed E-state index contributed by atoms with van der Waals surface area (Å²) in [5, 5.41) is 5.00. The smallest absolute Gasteiger partial charge is 0.0444 e. The highest BCUT2D eigenvalue weighted by atomic mass is 35.5. The average Bonchev–Trinajstić information content (AvgIpc) is 2.91. The third-order valence-corrected chi connectivity index (χ3v) is 4.16. The fourth-order valence-electron chi connectivity index (χ4n) is 2.33. The first-order valence-electron chi connectivity index (χ1n) is 5.74. The van der Waals surface area contributed by atoms with Crippen LogP contribution in [0.1, 0.15) is 25.8 Å². The fourth-order valence-corrected chi connectivity index (χ4v) is 2.84. The van der Waals surface area contributed by atoms with E-state index in [1.165, 1.54) is 12.0 Å². The summed E-state index contributed by atoms with van der Waals surface area (Å²) in [6, 6.07) is 5.75. The summed E-state index contributed by atoms with van der Waals surface area (Å²) in [6.45, 7) is 6.49. The predicted octanol–water partition coefficient (Wildman–Crippen LogP) is 3.88. The van der Waals surface area contributed by atoms with Crippen LogP contribution >= 0.6 is 23.2 Å². The van der Waals surface area contributed by atoms with E-state index in [0.29, 0.717) is 5.92 Å². The highest BCUT2D eigenvalue weighted by Gasteiger charge is 2.51. The Morgan fingerprint density at radius 2 is 2.19 bits per heavy atom. The molecule has 3 heteroatoms. The summed E-state index contributed by atoms with van der Waals surface area (Å²) >= 11 is 12.3. The lowest BCUT2D eigenvalue weighted by Crippen LogP contribution is -2.19. The molecule has 1 N–H and O–H groups in total. The molecular formula is C13H17Cl2N. The van der Waals surface area contributed by atoms with Crippen LogP contribution in [-0.4, -0.2) is 13.1 Å². The Kier molecular flexibility index (Phi) is 3.48. The molecule has 1 fully saturated rings. The molecule has 1 aliphatic carbocycles. The number of halogens is 2. The Morgan fingerprint density at radius 1 is 1.44 bits per heavy atom. The minimum Gasteiger partial charge on any atom is -0.317 e. The van der Waals surface area contributed by atoms with Crippen molar-refractivity contribution in [3.8, 4) is 0 Å². The first kappa shape index (κ1) is 12.2. The largest absolute Gasteiger partial charge is 0.317 e. The topological polar surface area (TPSA) is 12.0 Å². The molecule has 0 bridgehead atoms. The molecule has 2 unspecified atom stereocenters. The van der Waals surface area contributed by atoms with Crippen LogP contribution in [0.15, 0.2) is 18.2 Å². The molecule has 2 atom stereocenters. The van der Waals surface area contributed by atoms with Crippen molar-refractivity contribution in [2.24, 2.45) is 5.92 Å². The molecule has 1 aromatic carbocycles. The predicted molar refractivity (Wildman–Crippen MR) is 70.5 cm³/mol. The van der Waals surface area contributed by atoms with Gasteiger partial charge in [-0.1, -0.05) is 37.0 Å². The maximum Gasteiger partial charge on any atom is 0.0444 e. The number of rotatable bonds is 4. The van der Waals surface area contributed by atoms with Crippen molar-refractivity contribution < 1.29 is 0 Å². The second-order valence-corrected chi connectivity index (χ2v) is 5.59. The quantitative estimate of drug-likeness (QED) is 0.864. The minimum atomic E-state index is 0.212. The lowest BCUT2D eigenvalue weighted by atomic mass is 9.95. The molecule has 16 heavy (non-hydrogen) atoms. The fraction of sp³-hybridized carbons (Fsp3) is 0.538. The molecule has 0 heterocycles. The maximum absolute atomic E-state index is 6.24. The molecule has 0 radical (unpaired) electrons. The molecule has 1 nitrogen and oxygen atoms in total. The molecule has 1 aromatic rings.